The molecular weight excluding hydrogens is 541 g/mol. The molecule has 0 saturated heterocycles. The Hall–Kier alpha value is -4.33. The van der Waals surface area contributed by atoms with Crippen LogP contribution in [0.25, 0.3) is 22.2 Å². The minimum absolute atomic E-state index is 0.0276. The number of nitrogens with zero attached hydrogens (tertiary/aromatic N) is 5. The van der Waals surface area contributed by atoms with Gasteiger partial charge in [0.2, 0.25) is 5.91 Å². The van der Waals surface area contributed by atoms with Gasteiger partial charge in [-0.2, -0.15) is 10.4 Å². The molecule has 12 heteroatoms. The average Bonchev–Trinajstić information content (AvgIpc) is 3.34. The van der Waals surface area contributed by atoms with E-state index in [9.17, 15) is 14.9 Å². The molecule has 2 amide bonds. The number of halogens is 2. The summed E-state index contributed by atoms with van der Waals surface area (Å²) in [4.78, 5) is 36.0. The number of hydrogen-bond donors (Lipinski definition) is 2. The lowest BCUT2D eigenvalue weighted by atomic mass is 9.89. The SMILES string of the molecule is C=NC(=O)CC(C)(C)CNC(=O)c1ncc(-c2n[nH]c3ccc(OCc4c(Cl)cncc4Cl)cc23)cc1C#N. The summed E-state index contributed by atoms with van der Waals surface area (Å²) in [6.45, 7) is 7.19. The van der Waals surface area contributed by atoms with Crippen molar-refractivity contribution in [2.75, 3.05) is 6.54 Å². The number of rotatable bonds is 9. The van der Waals surface area contributed by atoms with Crippen LogP contribution >= 0.6 is 23.2 Å². The van der Waals surface area contributed by atoms with E-state index in [1.807, 2.05) is 26.0 Å². The van der Waals surface area contributed by atoms with Gasteiger partial charge in [0.05, 0.1) is 21.1 Å². The van der Waals surface area contributed by atoms with Crippen molar-refractivity contribution in [1.82, 2.24) is 25.5 Å². The number of aliphatic imine (C=N–C) groups is 1. The van der Waals surface area contributed by atoms with Crippen molar-refractivity contribution in [1.29, 1.82) is 5.26 Å². The van der Waals surface area contributed by atoms with Crippen LogP contribution in [0, 0.1) is 16.7 Å². The van der Waals surface area contributed by atoms with Crippen LogP contribution in [0.3, 0.4) is 0 Å². The average molecular weight is 564 g/mol. The number of H-pyrrole nitrogens is 1. The quantitative estimate of drug-likeness (QED) is 0.267. The second-order valence-electron chi connectivity index (χ2n) is 9.46. The number of aromatic amines is 1. The Morgan fingerprint density at radius 1 is 1.21 bits per heavy atom. The maximum Gasteiger partial charge on any atom is 0.271 e. The first-order chi connectivity index (χ1) is 18.6. The third-order valence-electron chi connectivity index (χ3n) is 5.90. The van der Waals surface area contributed by atoms with E-state index >= 15 is 0 Å². The lowest BCUT2D eigenvalue weighted by Crippen LogP contribution is -2.35. The molecule has 1 aromatic carbocycles. The van der Waals surface area contributed by atoms with Crippen LogP contribution in [0.2, 0.25) is 10.0 Å². The monoisotopic (exact) mass is 563 g/mol. The molecule has 0 aliphatic carbocycles. The first kappa shape index (κ1) is 27.7. The van der Waals surface area contributed by atoms with Crippen LogP contribution in [-0.4, -0.2) is 45.2 Å². The van der Waals surface area contributed by atoms with Crippen molar-refractivity contribution in [3.63, 3.8) is 0 Å². The van der Waals surface area contributed by atoms with E-state index in [0.29, 0.717) is 32.6 Å². The fourth-order valence-electron chi connectivity index (χ4n) is 3.83. The summed E-state index contributed by atoms with van der Waals surface area (Å²) in [5, 5.41) is 21.3. The Kier molecular flexibility index (Phi) is 8.24. The Morgan fingerprint density at radius 2 is 1.95 bits per heavy atom. The zero-order valence-electron chi connectivity index (χ0n) is 21.1. The summed E-state index contributed by atoms with van der Waals surface area (Å²) in [6, 6.07) is 8.97. The minimum atomic E-state index is -0.553. The zero-order chi connectivity index (χ0) is 28.2. The summed E-state index contributed by atoms with van der Waals surface area (Å²) in [5.74, 6) is -0.341. The highest BCUT2D eigenvalue weighted by Gasteiger charge is 2.24. The number of pyridine rings is 2. The maximum absolute atomic E-state index is 12.8. The van der Waals surface area contributed by atoms with Gasteiger partial charge in [0, 0.05) is 48.1 Å². The molecule has 39 heavy (non-hydrogen) atoms. The van der Waals surface area contributed by atoms with Gasteiger partial charge in [-0.15, -0.1) is 0 Å². The van der Waals surface area contributed by atoms with Crippen molar-refractivity contribution >= 4 is 52.6 Å². The van der Waals surface area contributed by atoms with Crippen LogP contribution in [0.4, 0.5) is 0 Å². The molecule has 0 aliphatic rings. The fraction of sp³-hybridized carbons (Fsp3) is 0.222. The van der Waals surface area contributed by atoms with Gasteiger partial charge >= 0.3 is 0 Å². The normalized spacial score (nSPS) is 11.2. The van der Waals surface area contributed by atoms with Gasteiger partial charge in [-0.1, -0.05) is 37.0 Å². The summed E-state index contributed by atoms with van der Waals surface area (Å²) >= 11 is 12.4. The highest BCUT2D eigenvalue weighted by Crippen LogP contribution is 2.31. The number of ether oxygens (including phenoxy) is 1. The Morgan fingerprint density at radius 3 is 2.64 bits per heavy atom. The number of amides is 2. The molecule has 0 unspecified atom stereocenters. The van der Waals surface area contributed by atoms with E-state index in [1.165, 1.54) is 18.6 Å². The number of benzene rings is 1. The zero-order valence-corrected chi connectivity index (χ0v) is 22.6. The Balaban J connectivity index is 1.55. The first-order valence-electron chi connectivity index (χ1n) is 11.7. The molecule has 0 fully saturated rings. The molecule has 2 N–H and O–H groups in total. The van der Waals surface area contributed by atoms with E-state index in [4.69, 9.17) is 27.9 Å². The highest BCUT2D eigenvalue weighted by molar-refractivity contribution is 6.35. The maximum atomic E-state index is 12.8. The van der Waals surface area contributed by atoms with Gasteiger partial charge in [-0.25, -0.2) is 9.98 Å². The smallest absolute Gasteiger partial charge is 0.271 e. The van der Waals surface area contributed by atoms with Crippen molar-refractivity contribution in [3.05, 3.63) is 69.7 Å². The fourth-order valence-corrected chi connectivity index (χ4v) is 4.30. The molecule has 3 heterocycles. The Bertz CT molecular complexity index is 1610. The van der Waals surface area contributed by atoms with Crippen molar-refractivity contribution in [2.24, 2.45) is 10.4 Å². The van der Waals surface area contributed by atoms with Crippen molar-refractivity contribution < 1.29 is 14.3 Å². The molecule has 0 saturated carbocycles. The van der Waals surface area contributed by atoms with Crippen LogP contribution in [0.1, 0.15) is 41.9 Å². The molecule has 198 valence electrons. The highest BCUT2D eigenvalue weighted by atomic mass is 35.5. The van der Waals surface area contributed by atoms with E-state index in [2.05, 4.69) is 37.2 Å². The molecule has 0 spiro atoms. The van der Waals surface area contributed by atoms with E-state index in [-0.39, 0.29) is 36.7 Å². The van der Waals surface area contributed by atoms with Gasteiger partial charge in [-0.3, -0.25) is 19.7 Å². The van der Waals surface area contributed by atoms with Crippen molar-refractivity contribution in [2.45, 2.75) is 26.9 Å². The number of hydrogen-bond acceptors (Lipinski definition) is 7. The predicted molar refractivity (Wildman–Crippen MR) is 148 cm³/mol. The topological polar surface area (TPSA) is 146 Å². The summed E-state index contributed by atoms with van der Waals surface area (Å²) in [6.07, 6.45) is 4.59. The summed E-state index contributed by atoms with van der Waals surface area (Å²) in [7, 11) is 0. The number of nitrogens with one attached hydrogen (secondary N) is 2. The Labute approximate surface area is 234 Å². The van der Waals surface area contributed by atoms with E-state index in [1.54, 1.807) is 18.2 Å². The molecule has 0 bridgehead atoms. The van der Waals surface area contributed by atoms with Crippen LogP contribution < -0.4 is 10.1 Å². The second kappa shape index (κ2) is 11.6. The second-order valence-corrected chi connectivity index (χ2v) is 10.3. The number of carbonyl (C=O) groups is 2. The molecule has 0 radical (unpaired) electrons. The number of fused-ring (bicyclic) bond motifs is 1. The van der Waals surface area contributed by atoms with Crippen LogP contribution in [-0.2, 0) is 11.4 Å². The molecule has 3 aromatic heterocycles. The molecule has 0 aliphatic heterocycles. The lowest BCUT2D eigenvalue weighted by Gasteiger charge is -2.23. The molecule has 10 nitrogen and oxygen atoms in total. The van der Waals surface area contributed by atoms with Gasteiger partial charge < -0.3 is 10.1 Å². The van der Waals surface area contributed by atoms with E-state index < -0.39 is 11.3 Å². The summed E-state index contributed by atoms with van der Waals surface area (Å²) < 4.78 is 5.91. The molecule has 0 atom stereocenters. The van der Waals surface area contributed by atoms with Gasteiger partial charge in [0.25, 0.3) is 5.91 Å². The predicted octanol–water partition coefficient (Wildman–Crippen LogP) is 5.15. The van der Waals surface area contributed by atoms with Gasteiger partial charge in [0.15, 0.2) is 0 Å². The number of aromatic nitrogens is 4. The molecule has 4 rings (SSSR count). The standard InChI is InChI=1S/C27H23Cl2N7O3/c1-27(2,8-23(37)31-3)14-34-26(38)25-15(9-30)6-16(10-33-25)24-18-7-17(4-5-22(18)35-36-24)39-13-19-20(28)11-32-12-21(19)29/h4-7,10-12H,3,8,13-14H2,1-2H3,(H,34,38)(H,35,36). The lowest BCUT2D eigenvalue weighted by molar-refractivity contribution is -0.119. The largest absolute Gasteiger partial charge is 0.489 e. The number of nitriles is 1. The van der Waals surface area contributed by atoms with E-state index in [0.717, 1.165) is 10.9 Å². The molecule has 4 aromatic rings. The van der Waals surface area contributed by atoms with Crippen LogP contribution in [0.5, 0.6) is 5.75 Å². The third kappa shape index (κ3) is 6.39. The van der Waals surface area contributed by atoms with Gasteiger partial charge in [-0.05, 0) is 36.4 Å². The van der Waals surface area contributed by atoms with Gasteiger partial charge in [0.1, 0.15) is 29.8 Å². The first-order valence-corrected chi connectivity index (χ1v) is 12.4. The molecular formula is C27H23Cl2N7O3. The third-order valence-corrected chi connectivity index (χ3v) is 6.55. The minimum Gasteiger partial charge on any atom is -0.489 e. The van der Waals surface area contributed by atoms with Crippen LogP contribution in [0.15, 0.2) is 47.8 Å². The summed E-state index contributed by atoms with van der Waals surface area (Å²) in [5.41, 5.74) is 1.92. The van der Waals surface area contributed by atoms with Crippen molar-refractivity contribution in [3.8, 4) is 23.1 Å². The number of carbonyl (C=O) groups excluding carboxylic acids is 2.